The van der Waals surface area contributed by atoms with Gasteiger partial charge in [-0.1, -0.05) is 13.8 Å². The summed E-state index contributed by atoms with van der Waals surface area (Å²) in [5, 5.41) is 11.8. The molecule has 1 aromatic heterocycles. The highest BCUT2D eigenvalue weighted by Gasteiger charge is 2.35. The minimum atomic E-state index is -0.922. The molecule has 2 N–H and O–H groups in total. The van der Waals surface area contributed by atoms with E-state index in [9.17, 15) is 14.7 Å². The standard InChI is InChI=1S/C12H16BrNO4/c1-3-12(4-2,11(16)17)7-14-10(15)9-8(13)5-6-18-9/h5-6H,3-4,7H2,1-2H3,(H,14,15)(H,16,17). The van der Waals surface area contributed by atoms with E-state index in [4.69, 9.17) is 4.42 Å². The van der Waals surface area contributed by atoms with Crippen molar-refractivity contribution in [2.45, 2.75) is 26.7 Å². The molecular formula is C12H16BrNO4. The molecule has 0 unspecified atom stereocenters. The predicted molar refractivity (Wildman–Crippen MR) is 69.4 cm³/mol. The van der Waals surface area contributed by atoms with Gasteiger partial charge in [0.25, 0.3) is 5.91 Å². The zero-order valence-electron chi connectivity index (χ0n) is 10.3. The van der Waals surface area contributed by atoms with Gasteiger partial charge in [0.15, 0.2) is 0 Å². The van der Waals surface area contributed by atoms with Gasteiger partial charge in [0.2, 0.25) is 5.76 Å². The van der Waals surface area contributed by atoms with Crippen LogP contribution >= 0.6 is 15.9 Å². The van der Waals surface area contributed by atoms with Crippen LogP contribution < -0.4 is 5.32 Å². The number of carbonyl (C=O) groups is 2. The highest BCUT2D eigenvalue weighted by molar-refractivity contribution is 9.10. The lowest BCUT2D eigenvalue weighted by molar-refractivity contribution is -0.149. The number of hydrogen-bond donors (Lipinski definition) is 2. The molecule has 0 aromatic carbocycles. The summed E-state index contributed by atoms with van der Waals surface area (Å²) >= 11 is 3.18. The lowest BCUT2D eigenvalue weighted by Crippen LogP contribution is -2.42. The van der Waals surface area contributed by atoms with Crippen molar-refractivity contribution in [3.05, 3.63) is 22.6 Å². The van der Waals surface area contributed by atoms with Gasteiger partial charge in [-0.05, 0) is 34.8 Å². The van der Waals surface area contributed by atoms with Gasteiger partial charge in [0.1, 0.15) is 0 Å². The average Bonchev–Trinajstić information content (AvgIpc) is 2.77. The van der Waals surface area contributed by atoms with Crippen molar-refractivity contribution in [1.82, 2.24) is 5.32 Å². The van der Waals surface area contributed by atoms with E-state index in [1.54, 1.807) is 19.9 Å². The molecule has 5 nitrogen and oxygen atoms in total. The second kappa shape index (κ2) is 6.04. The quantitative estimate of drug-likeness (QED) is 0.845. The summed E-state index contributed by atoms with van der Waals surface area (Å²) in [6, 6.07) is 1.61. The van der Waals surface area contributed by atoms with Crippen molar-refractivity contribution in [1.29, 1.82) is 0 Å². The maximum atomic E-state index is 11.8. The summed E-state index contributed by atoms with van der Waals surface area (Å²) in [4.78, 5) is 23.1. The van der Waals surface area contributed by atoms with Gasteiger partial charge >= 0.3 is 5.97 Å². The van der Waals surface area contributed by atoms with E-state index < -0.39 is 17.3 Å². The third-order valence-corrected chi connectivity index (χ3v) is 3.84. The van der Waals surface area contributed by atoms with Gasteiger partial charge < -0.3 is 14.8 Å². The van der Waals surface area contributed by atoms with Crippen LogP contribution in [0.5, 0.6) is 0 Å². The van der Waals surface area contributed by atoms with Crippen molar-refractivity contribution in [3.8, 4) is 0 Å². The molecule has 1 aromatic rings. The Kier molecular flexibility index (Phi) is 4.95. The predicted octanol–water partition coefficient (Wildman–Crippen LogP) is 2.66. The molecule has 0 aliphatic heterocycles. The maximum absolute atomic E-state index is 11.8. The van der Waals surface area contributed by atoms with Crippen molar-refractivity contribution >= 4 is 27.8 Å². The van der Waals surface area contributed by atoms with E-state index in [1.165, 1.54) is 6.26 Å². The fraction of sp³-hybridized carbons (Fsp3) is 0.500. The monoisotopic (exact) mass is 317 g/mol. The lowest BCUT2D eigenvalue weighted by Gasteiger charge is -2.26. The molecule has 0 saturated carbocycles. The third-order valence-electron chi connectivity index (χ3n) is 3.22. The van der Waals surface area contributed by atoms with Gasteiger partial charge in [0, 0.05) is 6.54 Å². The second-order valence-corrected chi connectivity index (χ2v) is 4.93. The first-order chi connectivity index (χ1) is 8.46. The number of aliphatic carboxylic acids is 1. The minimum Gasteiger partial charge on any atom is -0.481 e. The van der Waals surface area contributed by atoms with Crippen LogP contribution in [-0.2, 0) is 4.79 Å². The Balaban J connectivity index is 2.72. The largest absolute Gasteiger partial charge is 0.481 e. The van der Waals surface area contributed by atoms with Crippen LogP contribution in [0.3, 0.4) is 0 Å². The smallest absolute Gasteiger partial charge is 0.311 e. The molecule has 0 saturated heterocycles. The van der Waals surface area contributed by atoms with E-state index in [2.05, 4.69) is 21.2 Å². The first-order valence-electron chi connectivity index (χ1n) is 5.71. The van der Waals surface area contributed by atoms with Crippen LogP contribution in [0.4, 0.5) is 0 Å². The Bertz CT molecular complexity index is 437. The van der Waals surface area contributed by atoms with Gasteiger partial charge in [-0.2, -0.15) is 0 Å². The fourth-order valence-corrected chi connectivity index (χ4v) is 2.05. The molecule has 0 fully saturated rings. The highest BCUT2D eigenvalue weighted by Crippen LogP contribution is 2.26. The van der Waals surface area contributed by atoms with Crippen LogP contribution in [0.25, 0.3) is 0 Å². The van der Waals surface area contributed by atoms with Crippen molar-refractivity contribution in [2.75, 3.05) is 6.54 Å². The number of hydrogen-bond acceptors (Lipinski definition) is 3. The van der Waals surface area contributed by atoms with E-state index in [1.807, 2.05) is 0 Å². The normalized spacial score (nSPS) is 11.3. The van der Waals surface area contributed by atoms with Crippen molar-refractivity contribution in [2.24, 2.45) is 5.41 Å². The summed E-state index contributed by atoms with van der Waals surface area (Å²) in [5.41, 5.74) is -0.922. The highest BCUT2D eigenvalue weighted by atomic mass is 79.9. The second-order valence-electron chi connectivity index (χ2n) is 4.07. The van der Waals surface area contributed by atoms with Gasteiger partial charge in [-0.15, -0.1) is 0 Å². The Morgan fingerprint density at radius 2 is 2.06 bits per heavy atom. The molecule has 0 bridgehead atoms. The molecule has 1 heterocycles. The fourth-order valence-electron chi connectivity index (χ4n) is 1.66. The summed E-state index contributed by atoms with van der Waals surface area (Å²) in [6.45, 7) is 3.68. The Morgan fingerprint density at radius 1 is 1.44 bits per heavy atom. The Hall–Kier alpha value is -1.30. The first kappa shape index (κ1) is 14.8. The number of halogens is 1. The van der Waals surface area contributed by atoms with E-state index in [0.29, 0.717) is 17.3 Å². The van der Waals surface area contributed by atoms with Crippen LogP contribution in [0, 0.1) is 5.41 Å². The molecule has 1 amide bonds. The third kappa shape index (κ3) is 2.93. The number of carbonyl (C=O) groups excluding carboxylic acids is 1. The minimum absolute atomic E-state index is 0.0846. The van der Waals surface area contributed by atoms with E-state index >= 15 is 0 Å². The molecule has 0 radical (unpaired) electrons. The van der Waals surface area contributed by atoms with Crippen molar-refractivity contribution < 1.29 is 19.1 Å². The van der Waals surface area contributed by atoms with Gasteiger partial charge in [-0.25, -0.2) is 0 Å². The summed E-state index contributed by atoms with van der Waals surface area (Å²) in [6.07, 6.45) is 2.31. The molecule has 6 heteroatoms. The molecular weight excluding hydrogens is 302 g/mol. The van der Waals surface area contributed by atoms with Crippen LogP contribution in [0.2, 0.25) is 0 Å². The molecule has 0 atom stereocenters. The zero-order valence-corrected chi connectivity index (χ0v) is 11.9. The summed E-state index contributed by atoms with van der Waals surface area (Å²) < 4.78 is 5.56. The van der Waals surface area contributed by atoms with Crippen LogP contribution in [0.15, 0.2) is 21.2 Å². The van der Waals surface area contributed by atoms with E-state index in [-0.39, 0.29) is 12.3 Å². The number of nitrogens with one attached hydrogen (secondary N) is 1. The molecule has 100 valence electrons. The van der Waals surface area contributed by atoms with E-state index in [0.717, 1.165) is 0 Å². The van der Waals surface area contributed by atoms with Gasteiger partial charge in [0.05, 0.1) is 16.2 Å². The SMILES string of the molecule is CCC(CC)(CNC(=O)c1occc1Br)C(=O)O. The molecule has 18 heavy (non-hydrogen) atoms. The number of rotatable bonds is 6. The zero-order chi connectivity index (χ0) is 13.8. The van der Waals surface area contributed by atoms with Gasteiger partial charge in [-0.3, -0.25) is 9.59 Å². The molecule has 0 aliphatic carbocycles. The van der Waals surface area contributed by atoms with Crippen molar-refractivity contribution in [3.63, 3.8) is 0 Å². The molecule has 0 aliphatic rings. The number of carboxylic acids is 1. The average molecular weight is 318 g/mol. The van der Waals surface area contributed by atoms with Crippen LogP contribution in [0.1, 0.15) is 37.2 Å². The molecule has 0 spiro atoms. The number of furan rings is 1. The van der Waals surface area contributed by atoms with Crippen LogP contribution in [-0.4, -0.2) is 23.5 Å². The number of amides is 1. The Morgan fingerprint density at radius 3 is 2.44 bits per heavy atom. The Labute approximate surface area is 114 Å². The first-order valence-corrected chi connectivity index (χ1v) is 6.50. The maximum Gasteiger partial charge on any atom is 0.311 e. The topological polar surface area (TPSA) is 79.5 Å². The lowest BCUT2D eigenvalue weighted by atomic mass is 9.82. The number of carboxylic acid groups (broad SMARTS) is 1. The summed E-state index contributed by atoms with van der Waals surface area (Å²) in [5.74, 6) is -1.16. The summed E-state index contributed by atoms with van der Waals surface area (Å²) in [7, 11) is 0. The molecule has 1 rings (SSSR count).